The van der Waals surface area contributed by atoms with Gasteiger partial charge < -0.3 is 9.47 Å². The summed E-state index contributed by atoms with van der Waals surface area (Å²) in [6, 6.07) is 12.8. The number of rotatable bonds is 4. The van der Waals surface area contributed by atoms with Crippen LogP contribution in [0.2, 0.25) is 0 Å². The molecule has 0 atom stereocenters. The lowest BCUT2D eigenvalue weighted by molar-refractivity contribution is 0.185. The minimum Gasteiger partial charge on any atom is -0.380 e. The van der Waals surface area contributed by atoms with E-state index < -0.39 is 0 Å². The molecule has 0 bridgehead atoms. The number of benzene rings is 3. The Hall–Kier alpha value is -0.940. The molecule has 3 rings (SSSR count). The predicted octanol–water partition coefficient (Wildman–Crippen LogP) is 5.81. The summed E-state index contributed by atoms with van der Waals surface area (Å²) in [6.07, 6.45) is 0. The summed E-state index contributed by atoms with van der Waals surface area (Å²) in [7, 11) is 3.44. The van der Waals surface area contributed by atoms with Crippen molar-refractivity contribution in [3.63, 3.8) is 0 Å². The third kappa shape index (κ3) is 2.69. The number of hydrogen-bond acceptors (Lipinski definition) is 2. The minimum absolute atomic E-state index is 0.588. The van der Waals surface area contributed by atoms with Crippen molar-refractivity contribution in [3.8, 4) is 0 Å². The van der Waals surface area contributed by atoms with Gasteiger partial charge in [-0.2, -0.15) is 0 Å². The van der Waals surface area contributed by atoms with Gasteiger partial charge >= 0.3 is 0 Å². The van der Waals surface area contributed by atoms with E-state index in [4.69, 9.17) is 9.47 Å². The summed E-state index contributed by atoms with van der Waals surface area (Å²) in [5.41, 5.74) is 2.36. The molecule has 0 fully saturated rings. The van der Waals surface area contributed by atoms with Crippen molar-refractivity contribution >= 4 is 53.4 Å². The Morgan fingerprint density at radius 2 is 1.00 bits per heavy atom. The molecule has 22 heavy (non-hydrogen) atoms. The second-order valence-electron chi connectivity index (χ2n) is 5.17. The summed E-state index contributed by atoms with van der Waals surface area (Å²) in [6.45, 7) is 1.18. The number of hydrogen-bond donors (Lipinski definition) is 0. The molecule has 0 heterocycles. The van der Waals surface area contributed by atoms with E-state index >= 15 is 0 Å². The van der Waals surface area contributed by atoms with Crippen LogP contribution < -0.4 is 0 Å². The van der Waals surface area contributed by atoms with E-state index in [0.29, 0.717) is 13.2 Å². The van der Waals surface area contributed by atoms with Crippen LogP contribution in [0.25, 0.3) is 21.5 Å². The molecule has 0 radical (unpaired) electrons. The van der Waals surface area contributed by atoms with Crippen molar-refractivity contribution in [1.29, 1.82) is 0 Å². The molecule has 0 amide bonds. The Balaban J connectivity index is 2.37. The molecule has 3 aromatic carbocycles. The van der Waals surface area contributed by atoms with Gasteiger partial charge in [0, 0.05) is 23.2 Å². The van der Waals surface area contributed by atoms with Gasteiger partial charge in [0.15, 0.2) is 0 Å². The Labute approximate surface area is 146 Å². The highest BCUT2D eigenvalue weighted by molar-refractivity contribution is 9.10. The fourth-order valence-corrected chi connectivity index (χ4v) is 3.80. The monoisotopic (exact) mass is 422 g/mol. The molecule has 0 aliphatic rings. The average molecular weight is 424 g/mol. The van der Waals surface area contributed by atoms with Gasteiger partial charge in [-0.3, -0.25) is 0 Å². The first-order valence-corrected chi connectivity index (χ1v) is 8.55. The SMILES string of the molecule is COCc1c(Br)ccc2c1ccc1c(COC)c(Br)ccc12. The van der Waals surface area contributed by atoms with Crippen LogP contribution in [0, 0.1) is 0 Å². The lowest BCUT2D eigenvalue weighted by Crippen LogP contribution is -1.95. The Kier molecular flexibility index (Phi) is 4.83. The van der Waals surface area contributed by atoms with E-state index in [9.17, 15) is 0 Å². The zero-order valence-electron chi connectivity index (χ0n) is 12.5. The van der Waals surface area contributed by atoms with Crippen molar-refractivity contribution in [2.75, 3.05) is 14.2 Å². The highest BCUT2D eigenvalue weighted by atomic mass is 79.9. The summed E-state index contributed by atoms with van der Waals surface area (Å²) in [5.74, 6) is 0. The smallest absolute Gasteiger partial charge is 0.0730 e. The molecular formula is C18H16Br2O2. The summed E-state index contributed by atoms with van der Waals surface area (Å²) >= 11 is 7.25. The topological polar surface area (TPSA) is 18.5 Å². The van der Waals surface area contributed by atoms with Crippen LogP contribution in [0.1, 0.15) is 11.1 Å². The maximum absolute atomic E-state index is 5.35. The second-order valence-corrected chi connectivity index (χ2v) is 6.88. The summed E-state index contributed by atoms with van der Waals surface area (Å²) in [4.78, 5) is 0. The third-order valence-electron chi connectivity index (χ3n) is 3.88. The normalized spacial score (nSPS) is 11.5. The van der Waals surface area contributed by atoms with Crippen LogP contribution in [0.5, 0.6) is 0 Å². The molecule has 3 aromatic rings. The fourth-order valence-electron chi connectivity index (χ4n) is 2.88. The zero-order chi connectivity index (χ0) is 15.7. The molecule has 0 saturated heterocycles. The van der Waals surface area contributed by atoms with Gasteiger partial charge in [0.1, 0.15) is 0 Å². The zero-order valence-corrected chi connectivity index (χ0v) is 15.6. The molecule has 4 heteroatoms. The molecule has 114 valence electrons. The Morgan fingerprint density at radius 1 is 0.636 bits per heavy atom. The highest BCUT2D eigenvalue weighted by Crippen LogP contribution is 2.35. The predicted molar refractivity (Wildman–Crippen MR) is 98.3 cm³/mol. The van der Waals surface area contributed by atoms with Crippen LogP contribution in [0.4, 0.5) is 0 Å². The Bertz CT molecular complexity index is 773. The van der Waals surface area contributed by atoms with Crippen molar-refractivity contribution in [2.45, 2.75) is 13.2 Å². The van der Waals surface area contributed by atoms with Crippen LogP contribution in [0.15, 0.2) is 45.3 Å². The van der Waals surface area contributed by atoms with Crippen molar-refractivity contribution in [2.24, 2.45) is 0 Å². The van der Waals surface area contributed by atoms with E-state index in [1.54, 1.807) is 14.2 Å². The van der Waals surface area contributed by atoms with Gasteiger partial charge in [0.2, 0.25) is 0 Å². The molecule has 0 unspecified atom stereocenters. The lowest BCUT2D eigenvalue weighted by Gasteiger charge is -2.14. The fraction of sp³-hybridized carbons (Fsp3) is 0.222. The third-order valence-corrected chi connectivity index (χ3v) is 5.37. The van der Waals surface area contributed by atoms with Crippen LogP contribution in [0.3, 0.4) is 0 Å². The average Bonchev–Trinajstić information content (AvgIpc) is 2.52. The standard InChI is InChI=1S/C18H16Br2O2/c1-21-9-15-13-3-4-14-12(11(13)5-7-17(15)19)6-8-18(20)16(14)10-22-2/h3-8H,9-10H2,1-2H3. The number of fused-ring (bicyclic) bond motifs is 3. The van der Waals surface area contributed by atoms with Crippen LogP contribution in [-0.2, 0) is 22.7 Å². The maximum Gasteiger partial charge on any atom is 0.0730 e. The van der Waals surface area contributed by atoms with Crippen molar-refractivity contribution < 1.29 is 9.47 Å². The molecule has 0 N–H and O–H groups in total. The minimum atomic E-state index is 0.588. The van der Waals surface area contributed by atoms with Crippen molar-refractivity contribution in [3.05, 3.63) is 56.5 Å². The van der Waals surface area contributed by atoms with Gasteiger partial charge in [0.25, 0.3) is 0 Å². The van der Waals surface area contributed by atoms with E-state index in [2.05, 4.69) is 68.3 Å². The maximum atomic E-state index is 5.35. The number of methoxy groups -OCH3 is 2. The molecular weight excluding hydrogens is 408 g/mol. The van der Waals surface area contributed by atoms with E-state index in [0.717, 1.165) is 8.95 Å². The molecule has 0 aliphatic heterocycles. The molecule has 0 spiro atoms. The largest absolute Gasteiger partial charge is 0.380 e. The lowest BCUT2D eigenvalue weighted by atomic mass is 9.96. The van der Waals surface area contributed by atoms with Gasteiger partial charge in [-0.05, 0) is 44.8 Å². The molecule has 0 saturated carbocycles. The summed E-state index contributed by atoms with van der Waals surface area (Å²) < 4.78 is 12.9. The van der Waals surface area contributed by atoms with E-state index in [-0.39, 0.29) is 0 Å². The highest BCUT2D eigenvalue weighted by Gasteiger charge is 2.12. The number of halogens is 2. The first kappa shape index (κ1) is 15.9. The molecule has 0 aliphatic carbocycles. The number of ether oxygens (including phenoxy) is 2. The van der Waals surface area contributed by atoms with Gasteiger partial charge in [-0.15, -0.1) is 0 Å². The van der Waals surface area contributed by atoms with E-state index in [1.807, 2.05) is 0 Å². The van der Waals surface area contributed by atoms with Gasteiger partial charge in [-0.25, -0.2) is 0 Å². The summed E-state index contributed by atoms with van der Waals surface area (Å²) in [5, 5.41) is 4.90. The second kappa shape index (κ2) is 6.67. The Morgan fingerprint density at radius 3 is 1.36 bits per heavy atom. The van der Waals surface area contributed by atoms with Crippen molar-refractivity contribution in [1.82, 2.24) is 0 Å². The van der Waals surface area contributed by atoms with Crippen LogP contribution >= 0.6 is 31.9 Å². The molecule has 0 aromatic heterocycles. The first-order chi connectivity index (χ1) is 10.7. The quantitative estimate of drug-likeness (QED) is 0.493. The van der Waals surface area contributed by atoms with Gasteiger partial charge in [-0.1, -0.05) is 56.1 Å². The van der Waals surface area contributed by atoms with Crippen LogP contribution in [-0.4, -0.2) is 14.2 Å². The van der Waals surface area contributed by atoms with E-state index in [1.165, 1.54) is 32.7 Å². The van der Waals surface area contributed by atoms with Gasteiger partial charge in [0.05, 0.1) is 13.2 Å². The first-order valence-electron chi connectivity index (χ1n) is 6.96. The molecule has 2 nitrogen and oxygen atoms in total.